The highest BCUT2D eigenvalue weighted by molar-refractivity contribution is 5.36. The van der Waals surface area contributed by atoms with Gasteiger partial charge in [0, 0.05) is 12.2 Å². The smallest absolute Gasteiger partial charge is 0.125 e. The van der Waals surface area contributed by atoms with Crippen LogP contribution in [0, 0.1) is 5.82 Å². The Balaban J connectivity index is 0.000000252. The van der Waals surface area contributed by atoms with Crippen molar-refractivity contribution in [3.05, 3.63) is 30.1 Å². The zero-order valence-corrected chi connectivity index (χ0v) is 7.57. The molecule has 3 nitrogen and oxygen atoms in total. The minimum Gasteiger partial charge on any atom is -0.399 e. The SMILES string of the molecule is CC(O)CN.Nc1cccc(F)c1. The van der Waals surface area contributed by atoms with E-state index in [1.54, 1.807) is 19.1 Å². The zero-order valence-electron chi connectivity index (χ0n) is 7.57. The van der Waals surface area contributed by atoms with Gasteiger partial charge in [0.15, 0.2) is 0 Å². The molecule has 0 aliphatic rings. The summed E-state index contributed by atoms with van der Waals surface area (Å²) in [5.41, 5.74) is 10.6. The van der Waals surface area contributed by atoms with Crippen LogP contribution in [-0.2, 0) is 0 Å². The normalized spacial score (nSPS) is 11.4. The molecule has 0 heterocycles. The van der Waals surface area contributed by atoms with Crippen LogP contribution in [0.2, 0.25) is 0 Å². The van der Waals surface area contributed by atoms with Gasteiger partial charge in [-0.15, -0.1) is 0 Å². The molecule has 0 saturated heterocycles. The third-order valence-corrected chi connectivity index (χ3v) is 1.19. The summed E-state index contributed by atoms with van der Waals surface area (Å²) in [5.74, 6) is -0.287. The lowest BCUT2D eigenvalue weighted by molar-refractivity contribution is 0.203. The van der Waals surface area contributed by atoms with Gasteiger partial charge in [-0.05, 0) is 25.1 Å². The topological polar surface area (TPSA) is 72.3 Å². The molecule has 0 fully saturated rings. The van der Waals surface area contributed by atoms with Crippen molar-refractivity contribution < 1.29 is 9.50 Å². The minimum absolute atomic E-state index is 0.287. The molecule has 0 aromatic heterocycles. The van der Waals surface area contributed by atoms with Crippen molar-refractivity contribution in [1.29, 1.82) is 0 Å². The van der Waals surface area contributed by atoms with Crippen molar-refractivity contribution in [2.24, 2.45) is 5.73 Å². The number of hydrogen-bond donors (Lipinski definition) is 3. The highest BCUT2D eigenvalue weighted by Gasteiger charge is 1.85. The lowest BCUT2D eigenvalue weighted by atomic mass is 10.3. The van der Waals surface area contributed by atoms with Crippen molar-refractivity contribution >= 4 is 5.69 Å². The monoisotopic (exact) mass is 186 g/mol. The molecule has 13 heavy (non-hydrogen) atoms. The van der Waals surface area contributed by atoms with Crippen molar-refractivity contribution in [2.45, 2.75) is 13.0 Å². The number of nitrogens with two attached hydrogens (primary N) is 2. The molecule has 0 bridgehead atoms. The quantitative estimate of drug-likeness (QED) is 0.566. The first kappa shape index (κ1) is 11.9. The third kappa shape index (κ3) is 7.24. The standard InChI is InChI=1S/C6H6FN.C3H9NO/c7-5-2-1-3-6(8)4-5;1-3(5)2-4/h1-4H,8H2;3,5H,2,4H2,1H3. The minimum atomic E-state index is -0.338. The predicted octanol–water partition coefficient (Wildman–Crippen LogP) is 0.734. The zero-order chi connectivity index (χ0) is 10.3. The van der Waals surface area contributed by atoms with Gasteiger partial charge in [-0.3, -0.25) is 0 Å². The van der Waals surface area contributed by atoms with Crippen molar-refractivity contribution in [3.8, 4) is 0 Å². The average molecular weight is 186 g/mol. The molecule has 0 amide bonds. The van der Waals surface area contributed by atoms with E-state index in [-0.39, 0.29) is 11.9 Å². The van der Waals surface area contributed by atoms with Gasteiger partial charge >= 0.3 is 0 Å². The first-order valence-electron chi connectivity index (χ1n) is 3.95. The largest absolute Gasteiger partial charge is 0.399 e. The first-order valence-corrected chi connectivity index (χ1v) is 3.95. The molecule has 74 valence electrons. The Morgan fingerprint density at radius 2 is 2.08 bits per heavy atom. The van der Waals surface area contributed by atoms with E-state index in [2.05, 4.69) is 0 Å². The van der Waals surface area contributed by atoms with Crippen molar-refractivity contribution in [3.63, 3.8) is 0 Å². The van der Waals surface area contributed by atoms with E-state index in [0.29, 0.717) is 12.2 Å². The number of aliphatic hydroxyl groups is 1. The number of anilines is 1. The third-order valence-electron chi connectivity index (χ3n) is 1.19. The Morgan fingerprint density at radius 3 is 2.31 bits per heavy atom. The molecule has 0 spiro atoms. The van der Waals surface area contributed by atoms with Gasteiger partial charge in [0.1, 0.15) is 5.82 Å². The molecule has 0 saturated carbocycles. The van der Waals surface area contributed by atoms with Crippen LogP contribution in [-0.4, -0.2) is 17.8 Å². The van der Waals surface area contributed by atoms with Gasteiger partial charge in [0.05, 0.1) is 6.10 Å². The van der Waals surface area contributed by atoms with Crippen LogP contribution in [0.25, 0.3) is 0 Å². The maximum atomic E-state index is 12.1. The Kier molecular flexibility index (Phi) is 5.84. The number of hydrogen-bond acceptors (Lipinski definition) is 3. The molecule has 1 unspecified atom stereocenters. The van der Waals surface area contributed by atoms with Gasteiger partial charge in [-0.1, -0.05) is 6.07 Å². The lowest BCUT2D eigenvalue weighted by Gasteiger charge is -1.91. The summed E-state index contributed by atoms with van der Waals surface area (Å²) in [5, 5.41) is 8.24. The van der Waals surface area contributed by atoms with Gasteiger partial charge in [0.2, 0.25) is 0 Å². The average Bonchev–Trinajstić information content (AvgIpc) is 2.05. The van der Waals surface area contributed by atoms with Crippen molar-refractivity contribution in [1.82, 2.24) is 0 Å². The van der Waals surface area contributed by atoms with E-state index in [1.165, 1.54) is 12.1 Å². The van der Waals surface area contributed by atoms with Crippen LogP contribution in [0.1, 0.15) is 6.92 Å². The Bertz CT molecular complexity index is 224. The van der Waals surface area contributed by atoms with E-state index in [0.717, 1.165) is 0 Å². The summed E-state index contributed by atoms with van der Waals surface area (Å²) in [6, 6.07) is 5.85. The number of aliphatic hydroxyl groups excluding tert-OH is 1. The molecule has 1 atom stereocenters. The van der Waals surface area contributed by atoms with Gasteiger partial charge in [0.25, 0.3) is 0 Å². The van der Waals surface area contributed by atoms with Crippen LogP contribution in [0.4, 0.5) is 10.1 Å². The molecule has 5 N–H and O–H groups in total. The van der Waals surface area contributed by atoms with Crippen LogP contribution >= 0.6 is 0 Å². The molecule has 1 rings (SSSR count). The molecule has 1 aromatic carbocycles. The molecule has 4 heteroatoms. The molecule has 1 aromatic rings. The summed E-state index contributed by atoms with van der Waals surface area (Å²) >= 11 is 0. The second-order valence-corrected chi connectivity index (χ2v) is 2.64. The van der Waals surface area contributed by atoms with Crippen LogP contribution in [0.15, 0.2) is 24.3 Å². The highest BCUT2D eigenvalue weighted by Crippen LogP contribution is 2.02. The maximum absolute atomic E-state index is 12.1. The van der Waals surface area contributed by atoms with Crippen LogP contribution in [0.5, 0.6) is 0 Å². The fraction of sp³-hybridized carbons (Fsp3) is 0.333. The van der Waals surface area contributed by atoms with E-state index in [9.17, 15) is 4.39 Å². The summed E-state index contributed by atoms with van der Waals surface area (Å²) in [6.45, 7) is 2.01. The van der Waals surface area contributed by atoms with Crippen LogP contribution < -0.4 is 11.5 Å². The summed E-state index contributed by atoms with van der Waals surface area (Å²) in [7, 11) is 0. The molecule has 0 aliphatic heterocycles. The summed E-state index contributed by atoms with van der Waals surface area (Å²) in [4.78, 5) is 0. The Labute approximate surface area is 77.2 Å². The summed E-state index contributed by atoms with van der Waals surface area (Å²) < 4.78 is 12.1. The van der Waals surface area contributed by atoms with Gasteiger partial charge < -0.3 is 16.6 Å². The van der Waals surface area contributed by atoms with Crippen molar-refractivity contribution in [2.75, 3.05) is 12.3 Å². The van der Waals surface area contributed by atoms with E-state index in [4.69, 9.17) is 16.6 Å². The first-order chi connectivity index (χ1) is 6.06. The Morgan fingerprint density at radius 1 is 1.54 bits per heavy atom. The maximum Gasteiger partial charge on any atom is 0.125 e. The number of nitrogen functional groups attached to an aromatic ring is 1. The van der Waals surface area contributed by atoms with E-state index >= 15 is 0 Å². The number of benzene rings is 1. The second kappa shape index (κ2) is 6.39. The molecular formula is C9H15FN2O. The fourth-order valence-corrected chi connectivity index (χ4v) is 0.507. The van der Waals surface area contributed by atoms with Gasteiger partial charge in [-0.2, -0.15) is 0 Å². The van der Waals surface area contributed by atoms with E-state index < -0.39 is 0 Å². The second-order valence-electron chi connectivity index (χ2n) is 2.64. The lowest BCUT2D eigenvalue weighted by Crippen LogP contribution is -2.14. The fourth-order valence-electron chi connectivity index (χ4n) is 0.507. The molecule has 0 radical (unpaired) electrons. The van der Waals surface area contributed by atoms with Crippen LogP contribution in [0.3, 0.4) is 0 Å². The molecule has 0 aliphatic carbocycles. The summed E-state index contributed by atoms with van der Waals surface area (Å²) in [6.07, 6.45) is -0.338. The predicted molar refractivity (Wildman–Crippen MR) is 51.5 cm³/mol. The highest BCUT2D eigenvalue weighted by atomic mass is 19.1. The Hall–Kier alpha value is -1.13. The molecular weight excluding hydrogens is 171 g/mol. The van der Waals surface area contributed by atoms with Gasteiger partial charge in [-0.25, -0.2) is 4.39 Å². The number of halogens is 1. The number of rotatable bonds is 1. The van der Waals surface area contributed by atoms with E-state index in [1.807, 2.05) is 0 Å².